The molecule has 0 fully saturated rings. The monoisotopic (exact) mass is 337 g/mol. The highest BCUT2D eigenvalue weighted by atomic mass is 16.5. The lowest BCUT2D eigenvalue weighted by Gasteiger charge is -2.10. The fourth-order valence-corrected chi connectivity index (χ4v) is 2.42. The van der Waals surface area contributed by atoms with E-state index in [4.69, 9.17) is 9.47 Å². The molecule has 6 nitrogen and oxygen atoms in total. The van der Waals surface area contributed by atoms with Crippen molar-refractivity contribution in [1.29, 1.82) is 0 Å². The third-order valence-corrected chi connectivity index (χ3v) is 3.73. The van der Waals surface area contributed by atoms with E-state index in [2.05, 4.69) is 10.4 Å². The molecule has 3 aromatic rings. The first kappa shape index (κ1) is 16.6. The number of nitrogens with zero attached hydrogens (tertiary/aromatic N) is 2. The molecule has 0 saturated heterocycles. The number of ether oxygens (including phenoxy) is 2. The zero-order chi connectivity index (χ0) is 17.6. The topological polar surface area (TPSA) is 65.4 Å². The van der Waals surface area contributed by atoms with Crippen molar-refractivity contribution in [3.05, 3.63) is 72.1 Å². The first-order valence-corrected chi connectivity index (χ1v) is 7.79. The van der Waals surface area contributed by atoms with Crippen molar-refractivity contribution in [1.82, 2.24) is 9.78 Å². The Balaban J connectivity index is 1.70. The molecular weight excluding hydrogens is 318 g/mol. The molecule has 0 aliphatic rings. The summed E-state index contributed by atoms with van der Waals surface area (Å²) >= 11 is 0. The molecule has 0 saturated carbocycles. The summed E-state index contributed by atoms with van der Waals surface area (Å²) in [6.07, 6.45) is 3.66. The van der Waals surface area contributed by atoms with E-state index < -0.39 is 0 Å². The quantitative estimate of drug-likeness (QED) is 0.750. The lowest BCUT2D eigenvalue weighted by atomic mass is 10.1. The Labute approximate surface area is 146 Å². The van der Waals surface area contributed by atoms with Gasteiger partial charge in [-0.05, 0) is 35.9 Å². The highest BCUT2D eigenvalue weighted by Gasteiger charge is 2.10. The number of hydrogen-bond acceptors (Lipinski definition) is 4. The van der Waals surface area contributed by atoms with Gasteiger partial charge in [0.15, 0.2) is 0 Å². The van der Waals surface area contributed by atoms with Crippen molar-refractivity contribution in [2.45, 2.75) is 6.54 Å². The summed E-state index contributed by atoms with van der Waals surface area (Å²) in [5.41, 5.74) is 2.29. The van der Waals surface area contributed by atoms with Crippen LogP contribution in [0.3, 0.4) is 0 Å². The van der Waals surface area contributed by atoms with Gasteiger partial charge in [0.25, 0.3) is 5.91 Å². The number of aromatic nitrogens is 2. The number of amides is 1. The van der Waals surface area contributed by atoms with Crippen LogP contribution in [0.4, 0.5) is 5.69 Å². The lowest BCUT2D eigenvalue weighted by molar-refractivity contribution is 0.102. The van der Waals surface area contributed by atoms with Crippen molar-refractivity contribution in [2.24, 2.45) is 0 Å². The number of carbonyl (C=O) groups excluding carboxylic acids is 1. The van der Waals surface area contributed by atoms with Gasteiger partial charge in [-0.2, -0.15) is 5.10 Å². The number of nitrogens with one attached hydrogen (secondary N) is 1. The van der Waals surface area contributed by atoms with Gasteiger partial charge < -0.3 is 14.8 Å². The molecular formula is C19H19N3O3. The minimum Gasteiger partial charge on any atom is -0.497 e. The van der Waals surface area contributed by atoms with Crippen molar-refractivity contribution >= 4 is 11.6 Å². The second kappa shape index (κ2) is 7.53. The van der Waals surface area contributed by atoms with Crippen molar-refractivity contribution in [3.63, 3.8) is 0 Å². The van der Waals surface area contributed by atoms with Crippen molar-refractivity contribution < 1.29 is 14.3 Å². The second-order valence-corrected chi connectivity index (χ2v) is 5.46. The average Bonchev–Trinajstić information content (AvgIpc) is 3.15. The number of rotatable bonds is 6. The molecule has 1 aromatic heterocycles. The van der Waals surface area contributed by atoms with Crippen molar-refractivity contribution in [2.75, 3.05) is 19.5 Å². The molecule has 0 bridgehead atoms. The predicted molar refractivity (Wildman–Crippen MR) is 95.3 cm³/mol. The van der Waals surface area contributed by atoms with Gasteiger partial charge in [-0.25, -0.2) is 0 Å². The van der Waals surface area contributed by atoms with E-state index in [1.165, 1.54) is 0 Å². The van der Waals surface area contributed by atoms with Gasteiger partial charge in [-0.15, -0.1) is 0 Å². The molecule has 1 heterocycles. The summed E-state index contributed by atoms with van der Waals surface area (Å²) in [4.78, 5) is 12.5. The minimum atomic E-state index is -0.225. The molecule has 1 N–H and O–H groups in total. The van der Waals surface area contributed by atoms with Crippen LogP contribution < -0.4 is 14.8 Å². The number of anilines is 1. The predicted octanol–water partition coefficient (Wildman–Crippen LogP) is 3.20. The fourth-order valence-electron chi connectivity index (χ4n) is 2.42. The van der Waals surface area contributed by atoms with E-state index in [-0.39, 0.29) is 5.91 Å². The van der Waals surface area contributed by atoms with Crippen LogP contribution in [0.1, 0.15) is 15.9 Å². The van der Waals surface area contributed by atoms with E-state index in [1.807, 2.05) is 41.2 Å². The summed E-state index contributed by atoms with van der Waals surface area (Å²) in [6, 6.07) is 14.6. The SMILES string of the molecule is COc1cc(OC)cc(C(=O)Nc2ccc(Cn3cccn3)cc2)c1. The summed E-state index contributed by atoms with van der Waals surface area (Å²) in [5, 5.41) is 7.05. The molecule has 0 aliphatic carbocycles. The van der Waals surface area contributed by atoms with Crippen LogP contribution in [0.5, 0.6) is 11.5 Å². The molecule has 0 spiro atoms. The number of benzene rings is 2. The van der Waals surface area contributed by atoms with Crippen LogP contribution in [-0.4, -0.2) is 29.9 Å². The van der Waals surface area contributed by atoms with E-state index in [0.717, 1.165) is 11.3 Å². The molecule has 0 atom stereocenters. The zero-order valence-electron chi connectivity index (χ0n) is 14.1. The maximum atomic E-state index is 12.5. The van der Waals surface area contributed by atoms with E-state index >= 15 is 0 Å². The largest absolute Gasteiger partial charge is 0.497 e. The van der Waals surface area contributed by atoms with Crippen LogP contribution in [0.2, 0.25) is 0 Å². The summed E-state index contributed by atoms with van der Waals surface area (Å²) in [5.74, 6) is 0.912. The van der Waals surface area contributed by atoms with Gasteiger partial charge in [0, 0.05) is 29.7 Å². The Kier molecular flexibility index (Phi) is 4.99. The zero-order valence-corrected chi connectivity index (χ0v) is 14.1. The Morgan fingerprint density at radius 1 is 1.08 bits per heavy atom. The van der Waals surface area contributed by atoms with Gasteiger partial charge in [0.05, 0.1) is 20.8 Å². The summed E-state index contributed by atoms with van der Waals surface area (Å²) < 4.78 is 12.2. The molecule has 6 heteroatoms. The lowest BCUT2D eigenvalue weighted by Crippen LogP contribution is -2.12. The highest BCUT2D eigenvalue weighted by Crippen LogP contribution is 2.23. The Bertz CT molecular complexity index is 821. The van der Waals surface area contributed by atoms with E-state index in [0.29, 0.717) is 23.6 Å². The van der Waals surface area contributed by atoms with Crippen LogP contribution in [0.15, 0.2) is 60.9 Å². The first-order chi connectivity index (χ1) is 12.2. The number of hydrogen-bond donors (Lipinski definition) is 1. The van der Waals surface area contributed by atoms with Gasteiger partial charge in [0.2, 0.25) is 0 Å². The van der Waals surface area contributed by atoms with Gasteiger partial charge in [-0.3, -0.25) is 9.48 Å². The van der Waals surface area contributed by atoms with E-state index in [9.17, 15) is 4.79 Å². The average molecular weight is 337 g/mol. The maximum Gasteiger partial charge on any atom is 0.255 e. The minimum absolute atomic E-state index is 0.225. The highest BCUT2D eigenvalue weighted by molar-refractivity contribution is 6.04. The van der Waals surface area contributed by atoms with Crippen LogP contribution >= 0.6 is 0 Å². The molecule has 1 amide bonds. The van der Waals surface area contributed by atoms with Crippen LogP contribution in [-0.2, 0) is 6.54 Å². The Morgan fingerprint density at radius 2 is 1.76 bits per heavy atom. The molecule has 25 heavy (non-hydrogen) atoms. The number of methoxy groups -OCH3 is 2. The molecule has 0 radical (unpaired) electrons. The standard InChI is InChI=1S/C19H19N3O3/c1-24-17-10-15(11-18(12-17)25-2)19(23)21-16-6-4-14(5-7-16)13-22-9-3-8-20-22/h3-12H,13H2,1-2H3,(H,21,23). The van der Waals surface area contributed by atoms with Crippen molar-refractivity contribution in [3.8, 4) is 11.5 Å². The van der Waals surface area contributed by atoms with Gasteiger partial charge >= 0.3 is 0 Å². The Hall–Kier alpha value is -3.28. The molecule has 3 rings (SSSR count). The molecule has 0 unspecified atom stereocenters. The smallest absolute Gasteiger partial charge is 0.255 e. The molecule has 0 aliphatic heterocycles. The fraction of sp³-hybridized carbons (Fsp3) is 0.158. The summed E-state index contributed by atoms with van der Waals surface area (Å²) in [6.45, 7) is 0.689. The number of carbonyl (C=O) groups is 1. The van der Waals surface area contributed by atoms with E-state index in [1.54, 1.807) is 38.6 Å². The van der Waals surface area contributed by atoms with Crippen LogP contribution in [0.25, 0.3) is 0 Å². The second-order valence-electron chi connectivity index (χ2n) is 5.46. The summed E-state index contributed by atoms with van der Waals surface area (Å²) in [7, 11) is 3.10. The molecule has 128 valence electrons. The third kappa shape index (κ3) is 4.17. The normalized spacial score (nSPS) is 10.3. The first-order valence-electron chi connectivity index (χ1n) is 7.79. The van der Waals surface area contributed by atoms with Gasteiger partial charge in [-0.1, -0.05) is 12.1 Å². The maximum absolute atomic E-state index is 12.5. The Morgan fingerprint density at radius 3 is 2.32 bits per heavy atom. The molecule has 2 aromatic carbocycles. The van der Waals surface area contributed by atoms with Gasteiger partial charge in [0.1, 0.15) is 11.5 Å². The van der Waals surface area contributed by atoms with Crippen LogP contribution in [0, 0.1) is 0 Å². The third-order valence-electron chi connectivity index (χ3n) is 3.73.